The van der Waals surface area contributed by atoms with E-state index in [0.29, 0.717) is 25.9 Å². The second kappa shape index (κ2) is 7.54. The van der Waals surface area contributed by atoms with Gasteiger partial charge in [-0.1, -0.05) is 36.8 Å². The first-order chi connectivity index (χ1) is 10.6. The van der Waals surface area contributed by atoms with Crippen LogP contribution in [0.1, 0.15) is 25.3 Å². The lowest BCUT2D eigenvalue weighted by Gasteiger charge is -2.08. The summed E-state index contributed by atoms with van der Waals surface area (Å²) >= 11 is 0. The maximum Gasteiger partial charge on any atom is 0.266 e. The van der Waals surface area contributed by atoms with E-state index in [1.165, 1.54) is 16.3 Å². The van der Waals surface area contributed by atoms with Crippen LogP contribution in [0.3, 0.4) is 0 Å². The van der Waals surface area contributed by atoms with Crippen molar-refractivity contribution in [3.8, 4) is 11.3 Å². The molecule has 0 aliphatic carbocycles. The van der Waals surface area contributed by atoms with Crippen LogP contribution in [0.2, 0.25) is 0 Å². The van der Waals surface area contributed by atoms with Gasteiger partial charge in [-0.05, 0) is 19.4 Å². The number of amides is 1. The lowest BCUT2D eigenvalue weighted by atomic mass is 10.1. The number of aryl methyl sites for hydroxylation is 2. The zero-order valence-corrected chi connectivity index (χ0v) is 13.0. The minimum Gasteiger partial charge on any atom is -0.356 e. The number of hydrogen-bond acceptors (Lipinski definition) is 3. The third-order valence-corrected chi connectivity index (χ3v) is 3.40. The molecule has 0 spiro atoms. The first-order valence-electron chi connectivity index (χ1n) is 7.52. The van der Waals surface area contributed by atoms with Crippen LogP contribution in [-0.2, 0) is 11.3 Å². The molecule has 0 atom stereocenters. The maximum absolute atomic E-state index is 11.9. The number of benzene rings is 1. The average Bonchev–Trinajstić information content (AvgIpc) is 2.53. The normalized spacial score (nSPS) is 10.5. The van der Waals surface area contributed by atoms with E-state index in [9.17, 15) is 9.59 Å². The van der Waals surface area contributed by atoms with Gasteiger partial charge in [0.2, 0.25) is 5.91 Å². The van der Waals surface area contributed by atoms with E-state index < -0.39 is 0 Å². The van der Waals surface area contributed by atoms with Gasteiger partial charge in [0.1, 0.15) is 0 Å². The Morgan fingerprint density at radius 2 is 1.91 bits per heavy atom. The Balaban J connectivity index is 2.05. The number of aromatic nitrogens is 2. The van der Waals surface area contributed by atoms with E-state index in [1.807, 2.05) is 38.1 Å². The van der Waals surface area contributed by atoms with Crippen molar-refractivity contribution in [2.45, 2.75) is 33.2 Å². The Kier molecular flexibility index (Phi) is 5.47. The molecule has 5 nitrogen and oxygen atoms in total. The summed E-state index contributed by atoms with van der Waals surface area (Å²) in [4.78, 5) is 23.0. The van der Waals surface area contributed by atoms with Crippen LogP contribution >= 0.6 is 0 Å². The number of carbonyl (C=O) groups is 1. The van der Waals surface area contributed by atoms with Crippen molar-refractivity contribution >= 4 is 5.91 Å². The molecule has 0 aliphatic rings. The van der Waals surface area contributed by atoms with E-state index in [0.717, 1.165) is 11.3 Å². The summed E-state index contributed by atoms with van der Waals surface area (Å²) in [6.07, 6.45) is 1.15. The molecule has 2 aromatic rings. The second-order valence-corrected chi connectivity index (χ2v) is 5.20. The highest BCUT2D eigenvalue weighted by Crippen LogP contribution is 2.15. The van der Waals surface area contributed by atoms with Crippen molar-refractivity contribution < 1.29 is 4.79 Å². The largest absolute Gasteiger partial charge is 0.356 e. The van der Waals surface area contributed by atoms with Gasteiger partial charge in [-0.15, -0.1) is 0 Å². The van der Waals surface area contributed by atoms with Crippen LogP contribution < -0.4 is 10.9 Å². The average molecular weight is 299 g/mol. The molecular weight excluding hydrogens is 278 g/mol. The smallest absolute Gasteiger partial charge is 0.266 e. The van der Waals surface area contributed by atoms with E-state index in [-0.39, 0.29) is 11.5 Å². The predicted molar refractivity (Wildman–Crippen MR) is 86.6 cm³/mol. The molecule has 1 heterocycles. The van der Waals surface area contributed by atoms with Crippen LogP contribution in [0.4, 0.5) is 0 Å². The van der Waals surface area contributed by atoms with Crippen molar-refractivity contribution in [3.63, 3.8) is 0 Å². The second-order valence-electron chi connectivity index (χ2n) is 5.20. The minimum atomic E-state index is -0.127. The van der Waals surface area contributed by atoms with Crippen molar-refractivity contribution in [1.82, 2.24) is 15.1 Å². The SMILES string of the molecule is CCC(=O)NCCCn1nc(-c2ccc(C)cc2)ccc1=O. The number of nitrogens with zero attached hydrogens (tertiary/aromatic N) is 2. The Hall–Kier alpha value is -2.43. The fraction of sp³-hybridized carbons (Fsp3) is 0.353. The Morgan fingerprint density at radius 3 is 2.59 bits per heavy atom. The molecule has 0 radical (unpaired) electrons. The molecule has 0 unspecified atom stereocenters. The zero-order valence-electron chi connectivity index (χ0n) is 13.0. The molecule has 1 aromatic carbocycles. The molecule has 2 rings (SSSR count). The molecule has 1 aromatic heterocycles. The summed E-state index contributed by atoms with van der Waals surface area (Å²) in [7, 11) is 0. The van der Waals surface area contributed by atoms with Crippen molar-refractivity contribution in [1.29, 1.82) is 0 Å². The lowest BCUT2D eigenvalue weighted by molar-refractivity contribution is -0.120. The fourth-order valence-corrected chi connectivity index (χ4v) is 2.07. The third kappa shape index (κ3) is 4.28. The Labute approximate surface area is 130 Å². The van der Waals surface area contributed by atoms with Crippen LogP contribution in [0, 0.1) is 6.92 Å². The highest BCUT2D eigenvalue weighted by atomic mass is 16.1. The van der Waals surface area contributed by atoms with E-state index in [1.54, 1.807) is 6.07 Å². The quantitative estimate of drug-likeness (QED) is 0.831. The summed E-state index contributed by atoms with van der Waals surface area (Å²) in [6.45, 7) is 4.88. The Morgan fingerprint density at radius 1 is 1.18 bits per heavy atom. The number of carbonyl (C=O) groups excluding carboxylic acids is 1. The molecule has 22 heavy (non-hydrogen) atoms. The van der Waals surface area contributed by atoms with Crippen LogP contribution in [0.5, 0.6) is 0 Å². The number of nitrogens with one attached hydrogen (secondary N) is 1. The van der Waals surface area contributed by atoms with Gasteiger partial charge in [-0.25, -0.2) is 4.68 Å². The Bertz CT molecular complexity index is 690. The van der Waals surface area contributed by atoms with Crippen LogP contribution in [0.25, 0.3) is 11.3 Å². The number of hydrogen-bond donors (Lipinski definition) is 1. The monoisotopic (exact) mass is 299 g/mol. The summed E-state index contributed by atoms with van der Waals surface area (Å²) in [5.41, 5.74) is 2.82. The van der Waals surface area contributed by atoms with E-state index in [4.69, 9.17) is 0 Å². The molecule has 0 bridgehead atoms. The highest BCUT2D eigenvalue weighted by molar-refractivity contribution is 5.75. The molecule has 1 amide bonds. The molecule has 116 valence electrons. The minimum absolute atomic E-state index is 0.0220. The fourth-order valence-electron chi connectivity index (χ4n) is 2.07. The summed E-state index contributed by atoms with van der Waals surface area (Å²) in [5.74, 6) is 0.0220. The maximum atomic E-state index is 11.9. The molecular formula is C17H21N3O2. The third-order valence-electron chi connectivity index (χ3n) is 3.40. The topological polar surface area (TPSA) is 64.0 Å². The molecule has 5 heteroatoms. The van der Waals surface area contributed by atoms with Crippen molar-refractivity contribution in [2.75, 3.05) is 6.54 Å². The van der Waals surface area contributed by atoms with Gasteiger partial charge in [-0.2, -0.15) is 5.10 Å². The van der Waals surface area contributed by atoms with Gasteiger partial charge in [-0.3, -0.25) is 9.59 Å². The zero-order chi connectivity index (χ0) is 15.9. The first kappa shape index (κ1) is 15.9. The summed E-state index contributed by atoms with van der Waals surface area (Å²) < 4.78 is 1.45. The van der Waals surface area contributed by atoms with Crippen molar-refractivity contribution in [2.24, 2.45) is 0 Å². The van der Waals surface area contributed by atoms with Crippen LogP contribution in [0.15, 0.2) is 41.2 Å². The van der Waals surface area contributed by atoms with Crippen molar-refractivity contribution in [3.05, 3.63) is 52.3 Å². The van der Waals surface area contributed by atoms with E-state index >= 15 is 0 Å². The van der Waals surface area contributed by atoms with Gasteiger partial charge in [0, 0.05) is 31.1 Å². The summed E-state index contributed by atoms with van der Waals surface area (Å²) in [6, 6.07) is 11.3. The molecule has 0 fully saturated rings. The predicted octanol–water partition coefficient (Wildman–Crippen LogP) is 2.14. The highest BCUT2D eigenvalue weighted by Gasteiger charge is 2.04. The molecule has 0 aliphatic heterocycles. The molecule has 1 N–H and O–H groups in total. The van der Waals surface area contributed by atoms with Gasteiger partial charge in [0.15, 0.2) is 0 Å². The number of rotatable bonds is 6. The van der Waals surface area contributed by atoms with Gasteiger partial charge in [0.25, 0.3) is 5.56 Å². The lowest BCUT2D eigenvalue weighted by Crippen LogP contribution is -2.27. The van der Waals surface area contributed by atoms with Crippen LogP contribution in [-0.4, -0.2) is 22.2 Å². The molecule has 0 saturated heterocycles. The van der Waals surface area contributed by atoms with Gasteiger partial charge < -0.3 is 5.32 Å². The van der Waals surface area contributed by atoms with E-state index in [2.05, 4.69) is 10.4 Å². The summed E-state index contributed by atoms with van der Waals surface area (Å²) in [5, 5.41) is 7.19. The first-order valence-corrected chi connectivity index (χ1v) is 7.52. The van der Waals surface area contributed by atoms with Gasteiger partial charge in [0.05, 0.1) is 5.69 Å². The van der Waals surface area contributed by atoms with Gasteiger partial charge >= 0.3 is 0 Å². The molecule has 0 saturated carbocycles. The standard InChI is InChI=1S/C17H21N3O2/c1-3-16(21)18-11-4-12-20-17(22)10-9-15(19-20)14-7-5-13(2)6-8-14/h5-10H,3-4,11-12H2,1-2H3,(H,18,21).